The molecule has 0 aliphatic rings. The Bertz CT molecular complexity index is 728. The van der Waals surface area contributed by atoms with Crippen molar-refractivity contribution in [3.8, 4) is 5.75 Å². The van der Waals surface area contributed by atoms with Crippen LogP contribution in [0.4, 0.5) is 0 Å². The average Bonchev–Trinajstić information content (AvgIpc) is 2.59. The molecule has 0 bridgehead atoms. The van der Waals surface area contributed by atoms with Gasteiger partial charge in [0.2, 0.25) is 0 Å². The van der Waals surface area contributed by atoms with E-state index < -0.39 is 0 Å². The molecule has 0 aromatic heterocycles. The van der Waals surface area contributed by atoms with E-state index in [0.29, 0.717) is 18.3 Å². The molecule has 24 heavy (non-hydrogen) atoms. The molecule has 0 amide bonds. The maximum absolute atomic E-state index is 5.84. The summed E-state index contributed by atoms with van der Waals surface area (Å²) < 4.78 is 5.84. The Morgan fingerprint density at radius 1 is 1.25 bits per heavy atom. The standard InChI is InChI=1S/C19H21N3OS/c1-3-10-20-19(24)22-21-13-16-7-5-9-18(12-16)23-14-17-8-4-6-15(2)11-17/h3-9,11-13H,1,10,14H2,2H3,(H2,20,22,24). The Balaban J connectivity index is 1.89. The van der Waals surface area contributed by atoms with Crippen molar-refractivity contribution >= 4 is 23.5 Å². The molecule has 4 nitrogen and oxygen atoms in total. The van der Waals surface area contributed by atoms with E-state index in [1.165, 1.54) is 5.56 Å². The molecule has 0 saturated carbocycles. The number of hydrazone groups is 1. The van der Waals surface area contributed by atoms with Crippen molar-refractivity contribution in [3.05, 3.63) is 77.9 Å². The molecule has 2 N–H and O–H groups in total. The van der Waals surface area contributed by atoms with E-state index in [9.17, 15) is 0 Å². The van der Waals surface area contributed by atoms with Gasteiger partial charge in [0.05, 0.1) is 6.21 Å². The average molecular weight is 339 g/mol. The van der Waals surface area contributed by atoms with E-state index in [2.05, 4.69) is 47.5 Å². The van der Waals surface area contributed by atoms with Gasteiger partial charge < -0.3 is 10.1 Å². The third-order valence-electron chi connectivity index (χ3n) is 3.13. The maximum Gasteiger partial charge on any atom is 0.187 e. The van der Waals surface area contributed by atoms with Gasteiger partial charge in [-0.3, -0.25) is 5.43 Å². The molecule has 0 atom stereocenters. The van der Waals surface area contributed by atoms with Crippen molar-refractivity contribution in [3.63, 3.8) is 0 Å². The fourth-order valence-corrected chi connectivity index (χ4v) is 2.16. The van der Waals surface area contributed by atoms with Crippen LogP contribution in [-0.2, 0) is 6.61 Å². The van der Waals surface area contributed by atoms with Gasteiger partial charge in [-0.2, -0.15) is 5.10 Å². The third-order valence-corrected chi connectivity index (χ3v) is 3.37. The highest BCUT2D eigenvalue weighted by Crippen LogP contribution is 2.14. The highest BCUT2D eigenvalue weighted by atomic mass is 32.1. The first-order valence-electron chi connectivity index (χ1n) is 7.63. The number of hydrogen-bond donors (Lipinski definition) is 2. The molecule has 2 aromatic rings. The Labute approximate surface area is 148 Å². The van der Waals surface area contributed by atoms with Gasteiger partial charge in [-0.15, -0.1) is 6.58 Å². The first kappa shape index (κ1) is 17.7. The number of nitrogens with one attached hydrogen (secondary N) is 2. The molecule has 0 aliphatic heterocycles. The zero-order valence-electron chi connectivity index (χ0n) is 13.7. The zero-order chi connectivity index (χ0) is 17.2. The minimum absolute atomic E-state index is 0.456. The lowest BCUT2D eigenvalue weighted by Crippen LogP contribution is -2.31. The molecular formula is C19H21N3OS. The van der Waals surface area contributed by atoms with Crippen LogP contribution in [0.2, 0.25) is 0 Å². The predicted octanol–water partition coefficient (Wildman–Crippen LogP) is 3.56. The summed E-state index contributed by atoms with van der Waals surface area (Å²) in [4.78, 5) is 0. The van der Waals surface area contributed by atoms with Crippen molar-refractivity contribution in [2.24, 2.45) is 5.10 Å². The number of nitrogens with zero attached hydrogens (tertiary/aromatic N) is 1. The van der Waals surface area contributed by atoms with Crippen LogP contribution >= 0.6 is 12.2 Å². The number of ether oxygens (including phenoxy) is 1. The van der Waals surface area contributed by atoms with Gasteiger partial charge in [0.1, 0.15) is 12.4 Å². The quantitative estimate of drug-likeness (QED) is 0.350. The fourth-order valence-electron chi connectivity index (χ4n) is 2.02. The highest BCUT2D eigenvalue weighted by Gasteiger charge is 1.98. The molecule has 2 aromatic carbocycles. The van der Waals surface area contributed by atoms with Crippen LogP contribution in [0.1, 0.15) is 16.7 Å². The number of hydrogen-bond acceptors (Lipinski definition) is 3. The van der Waals surface area contributed by atoms with Crippen molar-refractivity contribution in [2.45, 2.75) is 13.5 Å². The van der Waals surface area contributed by atoms with Gasteiger partial charge in [-0.1, -0.05) is 48.0 Å². The molecule has 0 fully saturated rings. The van der Waals surface area contributed by atoms with Crippen LogP contribution in [0.15, 0.2) is 66.3 Å². The van der Waals surface area contributed by atoms with E-state index in [-0.39, 0.29) is 0 Å². The molecular weight excluding hydrogens is 318 g/mol. The Kier molecular flexibility index (Phi) is 6.98. The Morgan fingerprint density at radius 2 is 2.08 bits per heavy atom. The molecule has 0 saturated heterocycles. The summed E-state index contributed by atoms with van der Waals surface area (Å²) in [5.74, 6) is 0.799. The summed E-state index contributed by atoms with van der Waals surface area (Å²) in [5.41, 5.74) is 6.05. The summed E-state index contributed by atoms with van der Waals surface area (Å²) in [7, 11) is 0. The smallest absolute Gasteiger partial charge is 0.187 e. The van der Waals surface area contributed by atoms with Gasteiger partial charge in [0.15, 0.2) is 5.11 Å². The molecule has 0 spiro atoms. The van der Waals surface area contributed by atoms with Crippen molar-refractivity contribution in [2.75, 3.05) is 6.54 Å². The fraction of sp³-hybridized carbons (Fsp3) is 0.158. The van der Waals surface area contributed by atoms with Gasteiger partial charge in [-0.05, 0) is 42.4 Å². The van der Waals surface area contributed by atoms with Gasteiger partial charge >= 0.3 is 0 Å². The largest absolute Gasteiger partial charge is 0.489 e. The normalized spacial score (nSPS) is 10.4. The Morgan fingerprint density at radius 3 is 2.88 bits per heavy atom. The molecule has 124 valence electrons. The summed E-state index contributed by atoms with van der Waals surface area (Å²) in [5, 5.41) is 7.49. The lowest BCUT2D eigenvalue weighted by Gasteiger charge is -2.07. The van der Waals surface area contributed by atoms with Crippen molar-refractivity contribution < 1.29 is 4.74 Å². The molecule has 5 heteroatoms. The number of rotatable bonds is 7. The molecule has 0 aliphatic carbocycles. The van der Waals surface area contributed by atoms with E-state index in [0.717, 1.165) is 16.9 Å². The minimum atomic E-state index is 0.456. The summed E-state index contributed by atoms with van der Waals surface area (Å²) >= 11 is 5.06. The first-order valence-corrected chi connectivity index (χ1v) is 8.04. The lowest BCUT2D eigenvalue weighted by molar-refractivity contribution is 0.306. The number of aryl methyl sites for hydroxylation is 1. The summed E-state index contributed by atoms with van der Waals surface area (Å²) in [6.45, 7) is 6.82. The number of thiocarbonyl (C=S) groups is 1. The van der Waals surface area contributed by atoms with Crippen molar-refractivity contribution in [1.29, 1.82) is 0 Å². The van der Waals surface area contributed by atoms with Gasteiger partial charge in [0, 0.05) is 6.54 Å². The Hall–Kier alpha value is -2.66. The van der Waals surface area contributed by atoms with Crippen LogP contribution in [0, 0.1) is 6.92 Å². The van der Waals surface area contributed by atoms with E-state index in [1.54, 1.807) is 12.3 Å². The highest BCUT2D eigenvalue weighted by molar-refractivity contribution is 7.80. The second-order valence-corrected chi connectivity index (χ2v) is 5.63. The first-order chi connectivity index (χ1) is 11.7. The van der Waals surface area contributed by atoms with Crippen molar-refractivity contribution in [1.82, 2.24) is 10.7 Å². The summed E-state index contributed by atoms with van der Waals surface area (Å²) in [6, 6.07) is 16.0. The van der Waals surface area contributed by atoms with Crippen LogP contribution in [-0.4, -0.2) is 17.9 Å². The second kappa shape index (κ2) is 9.47. The zero-order valence-corrected chi connectivity index (χ0v) is 14.5. The van der Waals surface area contributed by atoms with Gasteiger partial charge in [0.25, 0.3) is 0 Å². The second-order valence-electron chi connectivity index (χ2n) is 5.22. The SMILES string of the molecule is C=CCNC(=S)NN=Cc1cccc(OCc2cccc(C)c2)c1. The monoisotopic (exact) mass is 339 g/mol. The van der Waals surface area contributed by atoms with Crippen LogP contribution in [0.25, 0.3) is 0 Å². The lowest BCUT2D eigenvalue weighted by atomic mass is 10.1. The maximum atomic E-state index is 5.84. The number of benzene rings is 2. The molecule has 0 radical (unpaired) electrons. The third kappa shape index (κ3) is 6.22. The minimum Gasteiger partial charge on any atom is -0.489 e. The molecule has 2 rings (SSSR count). The van der Waals surface area contributed by atoms with E-state index in [4.69, 9.17) is 17.0 Å². The topological polar surface area (TPSA) is 45.7 Å². The molecule has 0 unspecified atom stereocenters. The van der Waals surface area contributed by atoms with Crippen LogP contribution in [0.5, 0.6) is 5.75 Å². The predicted molar refractivity (Wildman–Crippen MR) is 103 cm³/mol. The van der Waals surface area contributed by atoms with E-state index >= 15 is 0 Å². The van der Waals surface area contributed by atoms with Crippen LogP contribution < -0.4 is 15.5 Å². The van der Waals surface area contributed by atoms with Gasteiger partial charge in [-0.25, -0.2) is 0 Å². The van der Waals surface area contributed by atoms with Crippen LogP contribution in [0.3, 0.4) is 0 Å². The summed E-state index contributed by atoms with van der Waals surface area (Å²) in [6.07, 6.45) is 3.42. The van der Waals surface area contributed by atoms with E-state index in [1.807, 2.05) is 30.3 Å². The molecule has 0 heterocycles.